The maximum absolute atomic E-state index is 12.6. The fourth-order valence-corrected chi connectivity index (χ4v) is 3.93. The molecule has 0 amide bonds. The zero-order valence-electron chi connectivity index (χ0n) is 15.1. The van der Waals surface area contributed by atoms with Gasteiger partial charge in [0.2, 0.25) is 0 Å². The van der Waals surface area contributed by atoms with Gasteiger partial charge in [0.1, 0.15) is 5.69 Å². The summed E-state index contributed by atoms with van der Waals surface area (Å²) in [5.41, 5.74) is 0.995. The summed E-state index contributed by atoms with van der Waals surface area (Å²) in [6.45, 7) is 0. The van der Waals surface area contributed by atoms with Crippen molar-refractivity contribution in [1.29, 1.82) is 0 Å². The molecule has 27 heavy (non-hydrogen) atoms. The Labute approximate surface area is 165 Å². The van der Waals surface area contributed by atoms with Gasteiger partial charge >= 0.3 is 5.69 Å². The number of thioether (sulfide) groups is 1. The number of fused-ring (bicyclic) bond motifs is 1. The lowest BCUT2D eigenvalue weighted by atomic mass is 10.1. The van der Waals surface area contributed by atoms with E-state index in [0.29, 0.717) is 28.4 Å². The van der Waals surface area contributed by atoms with Crippen LogP contribution in [0.1, 0.15) is 28.9 Å². The van der Waals surface area contributed by atoms with Crippen LogP contribution in [-0.4, -0.2) is 20.7 Å². The number of nitrogens with one attached hydrogen (secondary N) is 1. The van der Waals surface area contributed by atoms with Crippen molar-refractivity contribution in [2.45, 2.75) is 19.3 Å². The van der Waals surface area contributed by atoms with E-state index in [1.807, 2.05) is 6.08 Å². The lowest BCUT2D eigenvalue weighted by Crippen LogP contribution is -2.40. The van der Waals surface area contributed by atoms with Crippen LogP contribution in [0.4, 0.5) is 5.69 Å². The topological polar surface area (TPSA) is 73.1 Å². The molecule has 2 heterocycles. The summed E-state index contributed by atoms with van der Waals surface area (Å²) >= 11 is 7.20. The van der Waals surface area contributed by atoms with Gasteiger partial charge in [0, 0.05) is 24.7 Å². The molecule has 0 aliphatic carbocycles. The standard InChI is InChI=1S/C19H20ClN3O3S/c1-22-14-5-3-4-6-16(21-17(14)18(25)23(2)19(22)26)27-11-15(24)12-7-9-13(20)10-8-12/h6-10,21H,3-5,11H2,1-2H3/b16-6-. The Kier molecular flexibility index (Phi) is 5.92. The van der Waals surface area contributed by atoms with Crippen molar-refractivity contribution in [1.82, 2.24) is 9.13 Å². The number of benzene rings is 1. The first kappa shape index (κ1) is 19.5. The molecule has 3 rings (SSSR count). The molecule has 0 spiro atoms. The summed E-state index contributed by atoms with van der Waals surface area (Å²) in [5.74, 6) is 0.219. The molecular weight excluding hydrogens is 386 g/mol. The van der Waals surface area contributed by atoms with Crippen molar-refractivity contribution in [2.75, 3.05) is 11.1 Å². The van der Waals surface area contributed by atoms with Crippen LogP contribution in [0.2, 0.25) is 5.02 Å². The number of aromatic nitrogens is 2. The number of anilines is 1. The Bertz CT molecular complexity index is 1020. The van der Waals surface area contributed by atoms with Crippen LogP contribution in [0.15, 0.2) is 45.0 Å². The van der Waals surface area contributed by atoms with Crippen LogP contribution < -0.4 is 16.6 Å². The Balaban J connectivity index is 1.81. The van der Waals surface area contributed by atoms with Crippen LogP contribution in [0.5, 0.6) is 0 Å². The van der Waals surface area contributed by atoms with E-state index >= 15 is 0 Å². The normalized spacial score (nSPS) is 15.7. The molecule has 0 bridgehead atoms. The molecule has 1 aliphatic heterocycles. The molecular formula is C19H20ClN3O3S. The summed E-state index contributed by atoms with van der Waals surface area (Å²) in [4.78, 5) is 37.1. The predicted octanol–water partition coefficient (Wildman–Crippen LogP) is 2.94. The summed E-state index contributed by atoms with van der Waals surface area (Å²) < 4.78 is 2.60. The van der Waals surface area contributed by atoms with Gasteiger partial charge in [-0.2, -0.15) is 0 Å². The molecule has 1 aromatic carbocycles. The largest absolute Gasteiger partial charge is 0.345 e. The number of ketones is 1. The van der Waals surface area contributed by atoms with E-state index < -0.39 is 0 Å². The van der Waals surface area contributed by atoms with Crippen LogP contribution >= 0.6 is 23.4 Å². The molecule has 1 aromatic heterocycles. The van der Waals surface area contributed by atoms with E-state index in [0.717, 1.165) is 22.4 Å². The molecule has 0 saturated carbocycles. The third-order valence-electron chi connectivity index (χ3n) is 4.51. The number of rotatable bonds is 4. The Morgan fingerprint density at radius 3 is 2.59 bits per heavy atom. The van der Waals surface area contributed by atoms with Crippen molar-refractivity contribution < 1.29 is 4.79 Å². The van der Waals surface area contributed by atoms with Crippen molar-refractivity contribution in [3.63, 3.8) is 0 Å². The average molecular weight is 406 g/mol. The van der Waals surface area contributed by atoms with E-state index in [2.05, 4.69) is 5.32 Å². The second-order valence-electron chi connectivity index (χ2n) is 6.33. The van der Waals surface area contributed by atoms with Gasteiger partial charge in [0.25, 0.3) is 5.56 Å². The molecule has 0 unspecified atom stereocenters. The Morgan fingerprint density at radius 1 is 1.19 bits per heavy atom. The van der Waals surface area contributed by atoms with Gasteiger partial charge < -0.3 is 5.32 Å². The highest BCUT2D eigenvalue weighted by Gasteiger charge is 2.18. The minimum Gasteiger partial charge on any atom is -0.345 e. The SMILES string of the molecule is Cn1c2c(c(=O)n(C)c1=O)N/C(SCC(=O)c1ccc(Cl)cc1)=C/CCC2. The van der Waals surface area contributed by atoms with Crippen molar-refractivity contribution in [3.05, 3.63) is 72.5 Å². The van der Waals surface area contributed by atoms with Crippen LogP contribution in [-0.2, 0) is 20.5 Å². The van der Waals surface area contributed by atoms with E-state index in [-0.39, 0.29) is 22.8 Å². The molecule has 1 aliphatic rings. The molecule has 0 saturated heterocycles. The van der Waals surface area contributed by atoms with Crippen molar-refractivity contribution in [3.8, 4) is 0 Å². The molecule has 6 nitrogen and oxygen atoms in total. The van der Waals surface area contributed by atoms with Gasteiger partial charge in [0.15, 0.2) is 5.78 Å². The van der Waals surface area contributed by atoms with Crippen molar-refractivity contribution in [2.24, 2.45) is 14.1 Å². The maximum atomic E-state index is 12.6. The van der Waals surface area contributed by atoms with E-state index in [9.17, 15) is 14.4 Å². The van der Waals surface area contributed by atoms with Crippen LogP contribution in [0, 0.1) is 0 Å². The van der Waals surface area contributed by atoms with Gasteiger partial charge in [-0.25, -0.2) is 4.79 Å². The number of hydrogen-bond acceptors (Lipinski definition) is 5. The second kappa shape index (κ2) is 8.19. The van der Waals surface area contributed by atoms with E-state index in [1.165, 1.54) is 23.4 Å². The number of carbonyl (C=O) groups excluding carboxylic acids is 1. The first-order valence-corrected chi connectivity index (χ1v) is 9.92. The minimum absolute atomic E-state index is 0.0185. The Hall–Kier alpha value is -2.25. The maximum Gasteiger partial charge on any atom is 0.330 e. The predicted molar refractivity (Wildman–Crippen MR) is 110 cm³/mol. The monoisotopic (exact) mass is 405 g/mol. The van der Waals surface area contributed by atoms with Gasteiger partial charge in [-0.05, 0) is 43.5 Å². The van der Waals surface area contributed by atoms with Gasteiger partial charge in [-0.1, -0.05) is 17.7 Å². The second-order valence-corrected chi connectivity index (χ2v) is 7.79. The smallest absolute Gasteiger partial charge is 0.330 e. The number of halogens is 1. The lowest BCUT2D eigenvalue weighted by molar-refractivity contribution is 0.102. The zero-order valence-corrected chi connectivity index (χ0v) is 16.7. The highest BCUT2D eigenvalue weighted by molar-refractivity contribution is 8.03. The number of nitrogens with zero attached hydrogens (tertiary/aromatic N) is 2. The third kappa shape index (κ3) is 4.20. The molecule has 0 radical (unpaired) electrons. The zero-order chi connectivity index (χ0) is 19.6. The minimum atomic E-state index is -0.356. The summed E-state index contributed by atoms with van der Waals surface area (Å²) in [6.07, 6.45) is 4.26. The molecule has 1 N–H and O–H groups in total. The fourth-order valence-electron chi connectivity index (χ4n) is 2.94. The van der Waals surface area contributed by atoms with Gasteiger partial charge in [-0.3, -0.25) is 18.7 Å². The van der Waals surface area contributed by atoms with Gasteiger partial charge in [0.05, 0.1) is 16.5 Å². The molecule has 8 heteroatoms. The summed E-state index contributed by atoms with van der Waals surface area (Å²) in [6, 6.07) is 6.78. The van der Waals surface area contributed by atoms with E-state index in [1.54, 1.807) is 31.3 Å². The number of Topliss-reactive ketones (excluding diaryl/α,β-unsaturated/α-hetero) is 1. The third-order valence-corrected chi connectivity index (χ3v) is 5.74. The first-order valence-electron chi connectivity index (χ1n) is 8.56. The number of allylic oxidation sites excluding steroid dienone is 1. The quantitative estimate of drug-likeness (QED) is 0.792. The van der Waals surface area contributed by atoms with Gasteiger partial charge in [-0.15, -0.1) is 11.8 Å². The molecule has 0 atom stereocenters. The van der Waals surface area contributed by atoms with Crippen molar-refractivity contribution >= 4 is 34.8 Å². The molecule has 2 aromatic rings. The summed E-state index contributed by atoms with van der Waals surface area (Å²) in [7, 11) is 3.14. The van der Waals surface area contributed by atoms with Crippen LogP contribution in [0.25, 0.3) is 0 Å². The average Bonchev–Trinajstić information content (AvgIpc) is 2.64. The molecule has 0 fully saturated rings. The highest BCUT2D eigenvalue weighted by Crippen LogP contribution is 2.25. The fraction of sp³-hybridized carbons (Fsp3) is 0.316. The lowest BCUT2D eigenvalue weighted by Gasteiger charge is -2.19. The Morgan fingerprint density at radius 2 is 1.89 bits per heavy atom. The number of hydrogen-bond donors (Lipinski definition) is 1. The first-order chi connectivity index (χ1) is 12.9. The number of carbonyl (C=O) groups is 1. The van der Waals surface area contributed by atoms with Crippen LogP contribution in [0.3, 0.4) is 0 Å². The highest BCUT2D eigenvalue weighted by atomic mass is 35.5. The summed E-state index contributed by atoms with van der Waals surface area (Å²) in [5, 5.41) is 4.48. The molecule has 142 valence electrons. The van der Waals surface area contributed by atoms with E-state index in [4.69, 9.17) is 11.6 Å².